The fourth-order valence-electron chi connectivity index (χ4n) is 1.81. The summed E-state index contributed by atoms with van der Waals surface area (Å²) in [6.45, 7) is 8.46. The van der Waals surface area contributed by atoms with Crippen LogP contribution in [0.5, 0.6) is 0 Å². The van der Waals surface area contributed by atoms with Gasteiger partial charge in [-0.1, -0.05) is 12.2 Å². The molecule has 0 bridgehead atoms. The number of nitrogens with zero attached hydrogens (tertiary/aromatic N) is 1. The zero-order valence-electron chi connectivity index (χ0n) is 9.76. The fraction of sp³-hybridized carbons (Fsp3) is 0.385. The van der Waals surface area contributed by atoms with Crippen LogP contribution < -0.4 is 0 Å². The number of hydrogen-bond acceptors (Lipinski definition) is 0. The molecule has 0 spiro atoms. The van der Waals surface area contributed by atoms with Gasteiger partial charge in [-0.2, -0.15) is 0 Å². The number of allylic oxidation sites excluding steroid dienone is 2. The molecule has 0 atom stereocenters. The van der Waals surface area contributed by atoms with Gasteiger partial charge in [0.2, 0.25) is 0 Å². The molecule has 0 saturated carbocycles. The van der Waals surface area contributed by atoms with Crippen LogP contribution in [0.25, 0.3) is 12.2 Å². The lowest BCUT2D eigenvalue weighted by atomic mass is 10.1. The summed E-state index contributed by atoms with van der Waals surface area (Å²) < 4.78 is 2.24. The third kappa shape index (κ3) is 1.67. The molecule has 1 heterocycles. The van der Waals surface area contributed by atoms with Crippen molar-refractivity contribution in [2.75, 3.05) is 0 Å². The van der Waals surface area contributed by atoms with Crippen LogP contribution in [0.15, 0.2) is 12.2 Å². The van der Waals surface area contributed by atoms with Crippen molar-refractivity contribution in [1.29, 1.82) is 0 Å². The van der Waals surface area contributed by atoms with Crippen LogP contribution in [0, 0.1) is 13.8 Å². The zero-order chi connectivity index (χ0) is 10.7. The van der Waals surface area contributed by atoms with Crippen LogP contribution >= 0.6 is 0 Å². The molecule has 0 amide bonds. The van der Waals surface area contributed by atoms with Crippen molar-refractivity contribution in [2.45, 2.75) is 27.7 Å². The molecule has 1 aromatic rings. The van der Waals surface area contributed by atoms with Crippen molar-refractivity contribution in [3.05, 3.63) is 34.7 Å². The molecule has 1 rings (SSSR count). The van der Waals surface area contributed by atoms with Crippen LogP contribution in [0.4, 0.5) is 0 Å². The highest BCUT2D eigenvalue weighted by atomic mass is 15.0. The lowest BCUT2D eigenvalue weighted by Gasteiger charge is -2.01. The quantitative estimate of drug-likeness (QED) is 0.668. The zero-order valence-corrected chi connectivity index (χ0v) is 9.76. The Balaban J connectivity index is 3.40. The first-order valence-electron chi connectivity index (χ1n) is 5.04. The topological polar surface area (TPSA) is 4.93 Å². The molecule has 0 unspecified atom stereocenters. The minimum Gasteiger partial charge on any atom is -0.344 e. The normalized spacial score (nSPS) is 12.1. The molecule has 0 aliphatic rings. The predicted molar refractivity (Wildman–Crippen MR) is 64.3 cm³/mol. The van der Waals surface area contributed by atoms with Gasteiger partial charge in [-0.25, -0.2) is 0 Å². The molecular formula is C13H19N. The summed E-state index contributed by atoms with van der Waals surface area (Å²) in [5, 5.41) is 0. The highest BCUT2D eigenvalue weighted by molar-refractivity contribution is 5.62. The molecule has 1 nitrogen and oxygen atoms in total. The SMILES string of the molecule is C/C=C\c1c(C)c(C)c(/C=C\C)n1C. The summed E-state index contributed by atoms with van der Waals surface area (Å²) in [4.78, 5) is 0. The van der Waals surface area contributed by atoms with Gasteiger partial charge in [-0.15, -0.1) is 0 Å². The van der Waals surface area contributed by atoms with Gasteiger partial charge in [0.25, 0.3) is 0 Å². The summed E-state index contributed by atoms with van der Waals surface area (Å²) in [5.41, 5.74) is 5.36. The van der Waals surface area contributed by atoms with E-state index in [2.05, 4.69) is 63.6 Å². The Morgan fingerprint density at radius 2 is 1.21 bits per heavy atom. The molecule has 0 aromatic carbocycles. The molecule has 1 aromatic heterocycles. The van der Waals surface area contributed by atoms with Gasteiger partial charge in [0.05, 0.1) is 0 Å². The van der Waals surface area contributed by atoms with E-state index in [0.717, 1.165) is 0 Å². The maximum absolute atomic E-state index is 2.24. The van der Waals surface area contributed by atoms with Crippen LogP contribution in [0.3, 0.4) is 0 Å². The third-order valence-electron chi connectivity index (χ3n) is 2.70. The van der Waals surface area contributed by atoms with E-state index >= 15 is 0 Å². The van der Waals surface area contributed by atoms with Gasteiger partial charge in [0.15, 0.2) is 0 Å². The largest absolute Gasteiger partial charge is 0.344 e. The van der Waals surface area contributed by atoms with Gasteiger partial charge in [0.1, 0.15) is 0 Å². The minimum atomic E-state index is 1.30. The van der Waals surface area contributed by atoms with Crippen LogP contribution in [0.1, 0.15) is 36.4 Å². The molecule has 0 aliphatic carbocycles. The average molecular weight is 189 g/mol. The van der Waals surface area contributed by atoms with Crippen molar-refractivity contribution < 1.29 is 0 Å². The molecule has 0 fully saturated rings. The molecule has 0 saturated heterocycles. The molecule has 0 radical (unpaired) electrons. The highest BCUT2D eigenvalue weighted by Gasteiger charge is 2.09. The third-order valence-corrected chi connectivity index (χ3v) is 2.70. The maximum Gasteiger partial charge on any atom is 0.0437 e. The van der Waals surface area contributed by atoms with Crippen molar-refractivity contribution in [2.24, 2.45) is 7.05 Å². The Labute approximate surface area is 86.8 Å². The van der Waals surface area contributed by atoms with Crippen molar-refractivity contribution in [3.8, 4) is 0 Å². The van der Waals surface area contributed by atoms with Gasteiger partial charge < -0.3 is 4.57 Å². The first-order valence-corrected chi connectivity index (χ1v) is 5.04. The first-order chi connectivity index (χ1) is 6.63. The summed E-state index contributed by atoms with van der Waals surface area (Å²) in [7, 11) is 2.12. The molecule has 76 valence electrons. The Hall–Kier alpha value is -1.24. The molecular weight excluding hydrogens is 170 g/mol. The van der Waals surface area contributed by atoms with Crippen LogP contribution in [0.2, 0.25) is 0 Å². The maximum atomic E-state index is 2.24. The Kier molecular flexibility index (Phi) is 3.34. The van der Waals surface area contributed by atoms with E-state index in [1.54, 1.807) is 0 Å². The van der Waals surface area contributed by atoms with Crippen LogP contribution in [-0.2, 0) is 7.05 Å². The molecule has 0 aliphatic heterocycles. The van der Waals surface area contributed by atoms with Crippen molar-refractivity contribution in [1.82, 2.24) is 4.57 Å². The Morgan fingerprint density at radius 1 is 0.857 bits per heavy atom. The van der Waals surface area contributed by atoms with E-state index in [9.17, 15) is 0 Å². The second-order valence-electron chi connectivity index (χ2n) is 3.58. The summed E-state index contributed by atoms with van der Waals surface area (Å²) in [6.07, 6.45) is 8.49. The lowest BCUT2D eigenvalue weighted by molar-refractivity contribution is 0.896. The van der Waals surface area contributed by atoms with Gasteiger partial charge >= 0.3 is 0 Å². The number of aromatic nitrogens is 1. The van der Waals surface area contributed by atoms with Crippen molar-refractivity contribution >= 4 is 12.2 Å². The number of hydrogen-bond donors (Lipinski definition) is 0. The lowest BCUT2D eigenvalue weighted by Crippen LogP contribution is -1.94. The van der Waals surface area contributed by atoms with Gasteiger partial charge in [-0.05, 0) is 51.0 Å². The second kappa shape index (κ2) is 4.32. The van der Waals surface area contributed by atoms with E-state index < -0.39 is 0 Å². The van der Waals surface area contributed by atoms with E-state index in [-0.39, 0.29) is 0 Å². The Bertz CT molecular complexity index is 343. The highest BCUT2D eigenvalue weighted by Crippen LogP contribution is 2.22. The molecule has 14 heavy (non-hydrogen) atoms. The monoisotopic (exact) mass is 189 g/mol. The fourth-order valence-corrected chi connectivity index (χ4v) is 1.81. The van der Waals surface area contributed by atoms with E-state index in [4.69, 9.17) is 0 Å². The van der Waals surface area contributed by atoms with E-state index in [1.165, 1.54) is 22.5 Å². The van der Waals surface area contributed by atoms with Gasteiger partial charge in [0, 0.05) is 18.4 Å². The Morgan fingerprint density at radius 3 is 1.50 bits per heavy atom. The summed E-state index contributed by atoms with van der Waals surface area (Å²) >= 11 is 0. The smallest absolute Gasteiger partial charge is 0.0437 e. The summed E-state index contributed by atoms with van der Waals surface area (Å²) in [6, 6.07) is 0. The van der Waals surface area contributed by atoms with E-state index in [1.807, 2.05) is 0 Å². The van der Waals surface area contributed by atoms with E-state index in [0.29, 0.717) is 0 Å². The number of rotatable bonds is 2. The standard InChI is InChI=1S/C13H19N/c1-6-8-12-10(3)11(4)13(9-7-2)14(12)5/h6-9H,1-5H3/b8-6-,9-7-. The summed E-state index contributed by atoms with van der Waals surface area (Å²) in [5.74, 6) is 0. The van der Waals surface area contributed by atoms with Crippen molar-refractivity contribution in [3.63, 3.8) is 0 Å². The molecule has 0 N–H and O–H groups in total. The average Bonchev–Trinajstić information content (AvgIpc) is 2.36. The first kappa shape index (κ1) is 10.8. The predicted octanol–water partition coefficient (Wildman–Crippen LogP) is 3.71. The van der Waals surface area contributed by atoms with Crippen LogP contribution in [-0.4, -0.2) is 4.57 Å². The molecule has 1 heteroatoms. The second-order valence-corrected chi connectivity index (χ2v) is 3.58. The van der Waals surface area contributed by atoms with Gasteiger partial charge in [-0.3, -0.25) is 0 Å². The minimum absolute atomic E-state index is 1.30.